The van der Waals surface area contributed by atoms with Gasteiger partial charge < -0.3 is 15.4 Å². The van der Waals surface area contributed by atoms with Gasteiger partial charge in [0.2, 0.25) is 5.91 Å². The highest BCUT2D eigenvalue weighted by Crippen LogP contribution is 2.03. The molecule has 0 aromatic rings. The highest BCUT2D eigenvalue weighted by atomic mass is 16.5. The molecule has 0 saturated carbocycles. The van der Waals surface area contributed by atoms with Gasteiger partial charge in [-0.15, -0.1) is 0 Å². The van der Waals surface area contributed by atoms with Gasteiger partial charge in [-0.3, -0.25) is 4.79 Å². The van der Waals surface area contributed by atoms with Crippen molar-refractivity contribution in [2.24, 2.45) is 0 Å². The molecule has 0 aromatic carbocycles. The Morgan fingerprint density at radius 2 is 2.29 bits per heavy atom. The van der Waals surface area contributed by atoms with E-state index >= 15 is 0 Å². The Labute approximate surface area is 85.4 Å². The van der Waals surface area contributed by atoms with E-state index in [-0.39, 0.29) is 24.2 Å². The van der Waals surface area contributed by atoms with E-state index in [4.69, 9.17) is 4.74 Å². The number of hydrogen-bond acceptors (Lipinski definition) is 3. The molecule has 1 amide bonds. The van der Waals surface area contributed by atoms with Crippen LogP contribution < -0.4 is 10.6 Å². The third-order valence-electron chi connectivity index (χ3n) is 1.98. The van der Waals surface area contributed by atoms with Crippen LogP contribution in [0.3, 0.4) is 0 Å². The summed E-state index contributed by atoms with van der Waals surface area (Å²) in [6, 6.07) is 0. The average Bonchev–Trinajstić information content (AvgIpc) is 2.49. The highest BCUT2D eigenvalue weighted by molar-refractivity contribution is 5.77. The van der Waals surface area contributed by atoms with Gasteiger partial charge in [0.1, 0.15) is 6.61 Å². The Kier molecular flexibility index (Phi) is 3.89. The second-order valence-corrected chi connectivity index (χ2v) is 4.72. The van der Waals surface area contributed by atoms with E-state index < -0.39 is 0 Å². The maximum Gasteiger partial charge on any atom is 0.246 e. The van der Waals surface area contributed by atoms with Crippen molar-refractivity contribution in [1.29, 1.82) is 0 Å². The predicted octanol–water partition coefficient (Wildman–Crippen LogP) is 0.280. The van der Waals surface area contributed by atoms with E-state index in [0.29, 0.717) is 0 Å². The molecule has 1 aliphatic heterocycles. The number of amides is 1. The number of ether oxygens (including phenoxy) is 1. The summed E-state index contributed by atoms with van der Waals surface area (Å²) >= 11 is 0. The van der Waals surface area contributed by atoms with Crippen molar-refractivity contribution in [3.63, 3.8) is 0 Å². The standard InChI is InChI=1S/C10H20N2O2/c1-10(2,3)12-9(13)7-14-8-4-5-11-6-8/h8,11H,4-7H2,1-3H3,(H,12,13). The molecule has 0 radical (unpaired) electrons. The summed E-state index contributed by atoms with van der Waals surface area (Å²) in [7, 11) is 0. The van der Waals surface area contributed by atoms with Crippen molar-refractivity contribution in [1.82, 2.24) is 10.6 Å². The number of nitrogens with one attached hydrogen (secondary N) is 2. The maximum atomic E-state index is 11.4. The quantitative estimate of drug-likeness (QED) is 0.688. The second-order valence-electron chi connectivity index (χ2n) is 4.72. The minimum Gasteiger partial charge on any atom is -0.367 e. The first-order chi connectivity index (χ1) is 6.47. The molecule has 1 saturated heterocycles. The molecule has 0 spiro atoms. The summed E-state index contributed by atoms with van der Waals surface area (Å²) in [5, 5.41) is 6.05. The molecule has 0 aromatic heterocycles. The van der Waals surface area contributed by atoms with Gasteiger partial charge >= 0.3 is 0 Å². The largest absolute Gasteiger partial charge is 0.367 e. The molecule has 1 aliphatic rings. The SMILES string of the molecule is CC(C)(C)NC(=O)COC1CCNC1. The van der Waals surface area contributed by atoms with Gasteiger partial charge in [0.05, 0.1) is 6.10 Å². The number of rotatable bonds is 3. The molecule has 1 unspecified atom stereocenters. The van der Waals surface area contributed by atoms with Gasteiger partial charge in [-0.05, 0) is 33.7 Å². The summed E-state index contributed by atoms with van der Waals surface area (Å²) in [5.74, 6) is -0.0376. The Bertz CT molecular complexity index is 193. The summed E-state index contributed by atoms with van der Waals surface area (Å²) < 4.78 is 5.44. The van der Waals surface area contributed by atoms with E-state index in [0.717, 1.165) is 19.5 Å². The van der Waals surface area contributed by atoms with E-state index in [2.05, 4.69) is 10.6 Å². The number of hydrogen-bond donors (Lipinski definition) is 2. The summed E-state index contributed by atoms with van der Waals surface area (Å²) in [4.78, 5) is 11.4. The normalized spacial score (nSPS) is 22.4. The van der Waals surface area contributed by atoms with Crippen LogP contribution in [0.1, 0.15) is 27.2 Å². The topological polar surface area (TPSA) is 50.4 Å². The van der Waals surface area contributed by atoms with Crippen molar-refractivity contribution in [3.05, 3.63) is 0 Å². The Morgan fingerprint density at radius 3 is 2.79 bits per heavy atom. The first kappa shape index (κ1) is 11.5. The fraction of sp³-hybridized carbons (Fsp3) is 0.900. The molecule has 1 atom stereocenters. The minimum absolute atomic E-state index is 0.0376. The molecule has 14 heavy (non-hydrogen) atoms. The summed E-state index contributed by atoms with van der Waals surface area (Å²) in [5.41, 5.74) is -0.172. The van der Waals surface area contributed by atoms with Crippen LogP contribution in [-0.2, 0) is 9.53 Å². The van der Waals surface area contributed by atoms with Crippen molar-refractivity contribution in [2.75, 3.05) is 19.7 Å². The summed E-state index contributed by atoms with van der Waals surface area (Å²) in [6.07, 6.45) is 1.21. The lowest BCUT2D eigenvalue weighted by molar-refractivity contribution is -0.128. The van der Waals surface area contributed by atoms with E-state index in [1.165, 1.54) is 0 Å². The fourth-order valence-electron chi connectivity index (χ4n) is 1.42. The molecule has 82 valence electrons. The lowest BCUT2D eigenvalue weighted by Gasteiger charge is -2.21. The Morgan fingerprint density at radius 1 is 1.57 bits per heavy atom. The van der Waals surface area contributed by atoms with Gasteiger partial charge in [0.15, 0.2) is 0 Å². The molecule has 1 rings (SSSR count). The molecule has 0 bridgehead atoms. The van der Waals surface area contributed by atoms with Gasteiger partial charge in [-0.1, -0.05) is 0 Å². The van der Waals surface area contributed by atoms with Gasteiger partial charge in [0.25, 0.3) is 0 Å². The van der Waals surface area contributed by atoms with Gasteiger partial charge in [0, 0.05) is 12.1 Å². The molecule has 4 heteroatoms. The Balaban J connectivity index is 2.14. The zero-order valence-corrected chi connectivity index (χ0v) is 9.22. The molecule has 1 heterocycles. The molecule has 0 aliphatic carbocycles. The number of carbonyl (C=O) groups is 1. The average molecular weight is 200 g/mol. The van der Waals surface area contributed by atoms with Crippen LogP contribution in [0.5, 0.6) is 0 Å². The van der Waals surface area contributed by atoms with Crippen molar-refractivity contribution < 1.29 is 9.53 Å². The van der Waals surface area contributed by atoms with Crippen LogP contribution in [0.4, 0.5) is 0 Å². The minimum atomic E-state index is -0.172. The second kappa shape index (κ2) is 4.75. The zero-order valence-electron chi connectivity index (χ0n) is 9.22. The third-order valence-corrected chi connectivity index (χ3v) is 1.98. The van der Waals surface area contributed by atoms with Crippen LogP contribution in [-0.4, -0.2) is 37.2 Å². The molecular formula is C10H20N2O2. The first-order valence-corrected chi connectivity index (χ1v) is 5.11. The molecule has 2 N–H and O–H groups in total. The van der Waals surface area contributed by atoms with Crippen LogP contribution in [0.25, 0.3) is 0 Å². The lowest BCUT2D eigenvalue weighted by atomic mass is 10.1. The zero-order chi connectivity index (χ0) is 10.6. The molecule has 4 nitrogen and oxygen atoms in total. The fourth-order valence-corrected chi connectivity index (χ4v) is 1.42. The van der Waals surface area contributed by atoms with Crippen molar-refractivity contribution in [3.8, 4) is 0 Å². The van der Waals surface area contributed by atoms with Crippen molar-refractivity contribution in [2.45, 2.75) is 38.8 Å². The monoisotopic (exact) mass is 200 g/mol. The Hall–Kier alpha value is -0.610. The maximum absolute atomic E-state index is 11.4. The predicted molar refractivity (Wildman–Crippen MR) is 55.1 cm³/mol. The molecular weight excluding hydrogens is 180 g/mol. The molecule has 1 fully saturated rings. The van der Waals surface area contributed by atoms with Crippen LogP contribution in [0.15, 0.2) is 0 Å². The summed E-state index contributed by atoms with van der Waals surface area (Å²) in [6.45, 7) is 7.91. The van der Waals surface area contributed by atoms with Crippen LogP contribution in [0.2, 0.25) is 0 Å². The third kappa shape index (κ3) is 4.58. The number of carbonyl (C=O) groups excluding carboxylic acids is 1. The highest BCUT2D eigenvalue weighted by Gasteiger charge is 2.18. The van der Waals surface area contributed by atoms with E-state index in [1.807, 2.05) is 20.8 Å². The smallest absolute Gasteiger partial charge is 0.246 e. The van der Waals surface area contributed by atoms with Crippen LogP contribution >= 0.6 is 0 Å². The first-order valence-electron chi connectivity index (χ1n) is 5.11. The van der Waals surface area contributed by atoms with Crippen LogP contribution in [0, 0.1) is 0 Å². The lowest BCUT2D eigenvalue weighted by Crippen LogP contribution is -2.43. The van der Waals surface area contributed by atoms with E-state index in [9.17, 15) is 4.79 Å². The van der Waals surface area contributed by atoms with Crippen molar-refractivity contribution >= 4 is 5.91 Å². The van der Waals surface area contributed by atoms with E-state index in [1.54, 1.807) is 0 Å². The van der Waals surface area contributed by atoms with Gasteiger partial charge in [-0.25, -0.2) is 0 Å². The van der Waals surface area contributed by atoms with Gasteiger partial charge in [-0.2, -0.15) is 0 Å².